The zero-order chi connectivity index (χ0) is 15.2. The molecule has 0 radical (unpaired) electrons. The third-order valence-corrected chi connectivity index (χ3v) is 5.21. The SMILES string of the molecule is CCCc1ccc(S(=O)(=O)NCC(N)(CC)CC)cc1.Cl. The van der Waals surface area contributed by atoms with Crippen LogP contribution < -0.4 is 10.5 Å². The molecule has 4 nitrogen and oxygen atoms in total. The van der Waals surface area contributed by atoms with Gasteiger partial charge in [0, 0.05) is 12.1 Å². The van der Waals surface area contributed by atoms with E-state index >= 15 is 0 Å². The van der Waals surface area contributed by atoms with Gasteiger partial charge in [-0.25, -0.2) is 13.1 Å². The Balaban J connectivity index is 0.00000400. The fraction of sp³-hybridized carbons (Fsp3) is 0.600. The lowest BCUT2D eigenvalue weighted by Crippen LogP contribution is -2.49. The van der Waals surface area contributed by atoms with Crippen LogP contribution in [0.5, 0.6) is 0 Å². The van der Waals surface area contributed by atoms with Crippen LogP contribution in [0.4, 0.5) is 0 Å². The summed E-state index contributed by atoms with van der Waals surface area (Å²) in [5.41, 5.74) is 6.80. The zero-order valence-corrected chi connectivity index (χ0v) is 14.7. The molecule has 1 rings (SSSR count). The van der Waals surface area contributed by atoms with Crippen molar-refractivity contribution in [2.45, 2.75) is 56.9 Å². The minimum Gasteiger partial charge on any atom is -0.324 e. The minimum atomic E-state index is -3.48. The molecular weight excluding hydrogens is 308 g/mol. The van der Waals surface area contributed by atoms with Gasteiger partial charge in [0.1, 0.15) is 0 Å². The molecule has 0 heterocycles. The summed E-state index contributed by atoms with van der Waals surface area (Å²) in [6.45, 7) is 6.30. The van der Waals surface area contributed by atoms with Crippen molar-refractivity contribution in [1.29, 1.82) is 0 Å². The van der Waals surface area contributed by atoms with Crippen molar-refractivity contribution in [1.82, 2.24) is 4.72 Å². The fourth-order valence-electron chi connectivity index (χ4n) is 1.95. The summed E-state index contributed by atoms with van der Waals surface area (Å²) in [4.78, 5) is 0.298. The summed E-state index contributed by atoms with van der Waals surface area (Å²) in [5, 5.41) is 0. The van der Waals surface area contributed by atoms with E-state index in [0.29, 0.717) is 4.90 Å². The summed E-state index contributed by atoms with van der Waals surface area (Å²) in [6.07, 6.45) is 3.49. The van der Waals surface area contributed by atoms with E-state index in [1.54, 1.807) is 12.1 Å². The first-order valence-electron chi connectivity index (χ1n) is 7.24. The average molecular weight is 335 g/mol. The Bertz CT molecular complexity index is 511. The Kier molecular flexibility index (Phi) is 8.48. The van der Waals surface area contributed by atoms with E-state index in [1.165, 1.54) is 0 Å². The summed E-state index contributed by atoms with van der Waals surface area (Å²) in [5.74, 6) is 0. The Hall–Kier alpha value is -0.620. The maximum atomic E-state index is 12.2. The number of aryl methyl sites for hydroxylation is 1. The zero-order valence-electron chi connectivity index (χ0n) is 13.1. The van der Waals surface area contributed by atoms with Gasteiger partial charge in [0.15, 0.2) is 0 Å². The maximum absolute atomic E-state index is 12.2. The molecule has 0 saturated carbocycles. The third-order valence-electron chi connectivity index (χ3n) is 3.79. The van der Waals surface area contributed by atoms with E-state index in [9.17, 15) is 8.42 Å². The Labute approximate surface area is 135 Å². The number of rotatable bonds is 8. The predicted molar refractivity (Wildman–Crippen MR) is 90.4 cm³/mol. The van der Waals surface area contributed by atoms with Gasteiger partial charge in [0.05, 0.1) is 4.90 Å². The molecule has 21 heavy (non-hydrogen) atoms. The summed E-state index contributed by atoms with van der Waals surface area (Å²) >= 11 is 0. The van der Waals surface area contributed by atoms with Gasteiger partial charge in [0.25, 0.3) is 0 Å². The molecule has 0 saturated heterocycles. The monoisotopic (exact) mass is 334 g/mol. The fourth-order valence-corrected chi connectivity index (χ4v) is 3.08. The topological polar surface area (TPSA) is 72.2 Å². The molecular formula is C15H27ClN2O2S. The van der Waals surface area contributed by atoms with Crippen molar-refractivity contribution in [2.24, 2.45) is 5.73 Å². The van der Waals surface area contributed by atoms with Crippen molar-refractivity contribution in [3.8, 4) is 0 Å². The van der Waals surface area contributed by atoms with Gasteiger partial charge in [-0.3, -0.25) is 0 Å². The molecule has 3 N–H and O–H groups in total. The maximum Gasteiger partial charge on any atom is 0.240 e. The van der Waals surface area contributed by atoms with Crippen LogP contribution in [0.1, 0.15) is 45.6 Å². The van der Waals surface area contributed by atoms with Gasteiger partial charge in [-0.05, 0) is 37.0 Å². The highest BCUT2D eigenvalue weighted by Crippen LogP contribution is 2.14. The first kappa shape index (κ1) is 20.4. The van der Waals surface area contributed by atoms with Crippen molar-refractivity contribution in [2.75, 3.05) is 6.54 Å². The van der Waals surface area contributed by atoms with Gasteiger partial charge < -0.3 is 5.73 Å². The van der Waals surface area contributed by atoms with Crippen LogP contribution >= 0.6 is 12.4 Å². The van der Waals surface area contributed by atoms with Crippen LogP contribution in [-0.2, 0) is 16.4 Å². The normalized spacial score (nSPS) is 12.0. The number of benzene rings is 1. The standard InChI is InChI=1S/C15H26N2O2S.ClH/c1-4-7-13-8-10-14(11-9-13)20(18,19)17-12-15(16,5-2)6-3;/h8-11,17H,4-7,12,16H2,1-3H3;1H. The van der Waals surface area contributed by atoms with Gasteiger partial charge in [-0.15, -0.1) is 12.4 Å². The van der Waals surface area contributed by atoms with Crippen molar-refractivity contribution in [3.63, 3.8) is 0 Å². The number of hydrogen-bond donors (Lipinski definition) is 2. The highest BCUT2D eigenvalue weighted by molar-refractivity contribution is 7.89. The number of nitrogens with two attached hydrogens (primary N) is 1. The second kappa shape index (κ2) is 8.73. The molecule has 0 amide bonds. The predicted octanol–water partition coefficient (Wildman–Crippen LogP) is 2.86. The molecule has 0 aliphatic heterocycles. The van der Waals surface area contributed by atoms with Crippen LogP contribution in [-0.4, -0.2) is 20.5 Å². The van der Waals surface area contributed by atoms with Crippen molar-refractivity contribution < 1.29 is 8.42 Å². The molecule has 1 aromatic rings. The number of hydrogen-bond acceptors (Lipinski definition) is 3. The number of halogens is 1. The van der Waals surface area contributed by atoms with E-state index in [1.807, 2.05) is 26.0 Å². The lowest BCUT2D eigenvalue weighted by Gasteiger charge is -2.26. The number of nitrogens with one attached hydrogen (secondary N) is 1. The highest BCUT2D eigenvalue weighted by atomic mass is 35.5. The molecule has 0 aliphatic rings. The van der Waals surface area contributed by atoms with E-state index < -0.39 is 15.6 Å². The van der Waals surface area contributed by atoms with Gasteiger partial charge in [-0.2, -0.15) is 0 Å². The van der Waals surface area contributed by atoms with Crippen LogP contribution in [0.2, 0.25) is 0 Å². The Morgan fingerprint density at radius 1 is 1.10 bits per heavy atom. The average Bonchev–Trinajstić information content (AvgIpc) is 2.46. The molecule has 0 unspecified atom stereocenters. The number of sulfonamides is 1. The van der Waals surface area contributed by atoms with E-state index in [4.69, 9.17) is 5.73 Å². The first-order chi connectivity index (χ1) is 9.37. The second-order valence-electron chi connectivity index (χ2n) is 5.29. The summed E-state index contributed by atoms with van der Waals surface area (Å²) in [7, 11) is -3.48. The molecule has 0 aromatic heterocycles. The van der Waals surface area contributed by atoms with E-state index in [2.05, 4.69) is 11.6 Å². The minimum absolute atomic E-state index is 0. The Morgan fingerprint density at radius 3 is 2.05 bits per heavy atom. The van der Waals surface area contributed by atoms with Gasteiger partial charge >= 0.3 is 0 Å². The Morgan fingerprint density at radius 2 is 1.62 bits per heavy atom. The van der Waals surface area contributed by atoms with E-state index in [-0.39, 0.29) is 19.0 Å². The van der Waals surface area contributed by atoms with Crippen LogP contribution in [0, 0.1) is 0 Å². The molecule has 122 valence electrons. The second-order valence-corrected chi connectivity index (χ2v) is 7.05. The molecule has 6 heteroatoms. The third kappa shape index (κ3) is 5.94. The quantitative estimate of drug-likeness (QED) is 0.767. The molecule has 1 aromatic carbocycles. The molecule has 0 aliphatic carbocycles. The van der Waals surface area contributed by atoms with Gasteiger partial charge in [0.2, 0.25) is 10.0 Å². The van der Waals surface area contributed by atoms with Gasteiger partial charge in [-0.1, -0.05) is 39.3 Å². The largest absolute Gasteiger partial charge is 0.324 e. The molecule has 0 fully saturated rings. The molecule has 0 atom stereocenters. The smallest absolute Gasteiger partial charge is 0.240 e. The van der Waals surface area contributed by atoms with Crippen LogP contribution in [0.3, 0.4) is 0 Å². The highest BCUT2D eigenvalue weighted by Gasteiger charge is 2.23. The van der Waals surface area contributed by atoms with Crippen molar-refractivity contribution in [3.05, 3.63) is 29.8 Å². The first-order valence-corrected chi connectivity index (χ1v) is 8.72. The summed E-state index contributed by atoms with van der Waals surface area (Å²) < 4.78 is 27.0. The summed E-state index contributed by atoms with van der Waals surface area (Å²) in [6, 6.07) is 7.05. The lowest BCUT2D eigenvalue weighted by molar-refractivity contribution is 0.392. The van der Waals surface area contributed by atoms with Crippen LogP contribution in [0.15, 0.2) is 29.2 Å². The lowest BCUT2D eigenvalue weighted by atomic mass is 9.95. The van der Waals surface area contributed by atoms with E-state index in [0.717, 1.165) is 31.2 Å². The molecule has 0 bridgehead atoms. The van der Waals surface area contributed by atoms with Crippen molar-refractivity contribution >= 4 is 22.4 Å². The van der Waals surface area contributed by atoms with Crippen LogP contribution in [0.25, 0.3) is 0 Å². The molecule has 0 spiro atoms.